The summed E-state index contributed by atoms with van der Waals surface area (Å²) in [5.41, 5.74) is 21.0. The first-order chi connectivity index (χ1) is 12.6. The molecular formula is C15H28N6O6. The van der Waals surface area contributed by atoms with E-state index in [0.717, 1.165) is 0 Å². The van der Waals surface area contributed by atoms with Gasteiger partial charge in [-0.2, -0.15) is 0 Å². The molecule has 3 unspecified atom stereocenters. The first-order valence-corrected chi connectivity index (χ1v) is 8.44. The zero-order chi connectivity index (χ0) is 21.0. The van der Waals surface area contributed by atoms with E-state index in [2.05, 4.69) is 10.6 Å². The van der Waals surface area contributed by atoms with Crippen molar-refractivity contribution < 1.29 is 29.1 Å². The Kier molecular flexibility index (Phi) is 11.3. The van der Waals surface area contributed by atoms with Crippen LogP contribution in [-0.4, -0.2) is 59.4 Å². The van der Waals surface area contributed by atoms with Crippen LogP contribution in [0.15, 0.2) is 0 Å². The lowest BCUT2D eigenvalue weighted by atomic mass is 10.1. The third-order valence-electron chi connectivity index (χ3n) is 3.64. The summed E-state index contributed by atoms with van der Waals surface area (Å²) in [6, 6.07) is -3.74. The molecule has 0 aliphatic rings. The number of amides is 4. The lowest BCUT2D eigenvalue weighted by Gasteiger charge is -2.22. The van der Waals surface area contributed by atoms with Crippen molar-refractivity contribution in [3.8, 4) is 0 Å². The van der Waals surface area contributed by atoms with E-state index in [1.807, 2.05) is 0 Å². The first kappa shape index (κ1) is 24.3. The van der Waals surface area contributed by atoms with Gasteiger partial charge >= 0.3 is 5.97 Å². The largest absolute Gasteiger partial charge is 0.480 e. The van der Waals surface area contributed by atoms with Gasteiger partial charge in [0.15, 0.2) is 0 Å². The minimum atomic E-state index is -1.40. The van der Waals surface area contributed by atoms with E-state index < -0.39 is 54.1 Å². The Morgan fingerprint density at radius 3 is 1.93 bits per heavy atom. The molecule has 12 nitrogen and oxygen atoms in total. The summed E-state index contributed by atoms with van der Waals surface area (Å²) in [6.45, 7) is 0.379. The SMILES string of the molecule is NCCCCC(NC(=O)C(CC(N)=O)NC(=O)C(N)CCC(N)=O)C(=O)O. The number of carboxylic acids is 1. The molecule has 0 bridgehead atoms. The van der Waals surface area contributed by atoms with Crippen LogP contribution < -0.4 is 33.6 Å². The van der Waals surface area contributed by atoms with E-state index in [9.17, 15) is 29.1 Å². The molecule has 27 heavy (non-hydrogen) atoms. The summed E-state index contributed by atoms with van der Waals surface area (Å²) < 4.78 is 0. The summed E-state index contributed by atoms with van der Waals surface area (Å²) in [5, 5.41) is 13.7. The van der Waals surface area contributed by atoms with E-state index in [4.69, 9.17) is 22.9 Å². The van der Waals surface area contributed by atoms with Gasteiger partial charge in [-0.25, -0.2) is 4.79 Å². The number of nitrogens with one attached hydrogen (secondary N) is 2. The molecule has 0 aromatic rings. The molecule has 0 aliphatic heterocycles. The van der Waals surface area contributed by atoms with Gasteiger partial charge in [0.1, 0.15) is 12.1 Å². The Bertz CT molecular complexity index is 555. The highest BCUT2D eigenvalue weighted by Gasteiger charge is 2.29. The molecule has 4 amide bonds. The third kappa shape index (κ3) is 10.8. The van der Waals surface area contributed by atoms with Crippen LogP contribution in [0, 0.1) is 0 Å². The maximum Gasteiger partial charge on any atom is 0.326 e. The Labute approximate surface area is 156 Å². The van der Waals surface area contributed by atoms with Crippen molar-refractivity contribution in [3.05, 3.63) is 0 Å². The molecule has 11 N–H and O–H groups in total. The second kappa shape index (κ2) is 12.6. The molecule has 0 rings (SSSR count). The van der Waals surface area contributed by atoms with Gasteiger partial charge in [-0.1, -0.05) is 0 Å². The van der Waals surface area contributed by atoms with Crippen LogP contribution in [0.2, 0.25) is 0 Å². The molecule has 0 saturated carbocycles. The Balaban J connectivity index is 4.96. The van der Waals surface area contributed by atoms with Crippen LogP contribution in [0.25, 0.3) is 0 Å². The predicted molar refractivity (Wildman–Crippen MR) is 94.6 cm³/mol. The lowest BCUT2D eigenvalue weighted by Crippen LogP contribution is -2.55. The highest BCUT2D eigenvalue weighted by atomic mass is 16.4. The van der Waals surface area contributed by atoms with Gasteiger partial charge in [0.05, 0.1) is 12.5 Å². The number of carbonyl (C=O) groups excluding carboxylic acids is 4. The number of primary amides is 2. The minimum absolute atomic E-state index is 0.0527. The van der Waals surface area contributed by atoms with Crippen molar-refractivity contribution in [2.45, 2.75) is 56.7 Å². The average molecular weight is 388 g/mol. The van der Waals surface area contributed by atoms with Crippen molar-refractivity contribution in [1.82, 2.24) is 10.6 Å². The Morgan fingerprint density at radius 1 is 0.852 bits per heavy atom. The summed E-state index contributed by atoms with van der Waals surface area (Å²) in [7, 11) is 0. The average Bonchev–Trinajstić information content (AvgIpc) is 2.57. The smallest absolute Gasteiger partial charge is 0.326 e. The molecule has 0 aromatic heterocycles. The molecule has 154 valence electrons. The van der Waals surface area contributed by atoms with Gasteiger partial charge in [-0.15, -0.1) is 0 Å². The number of hydrogen-bond donors (Lipinski definition) is 7. The number of unbranched alkanes of at least 4 members (excludes halogenated alkanes) is 1. The lowest BCUT2D eigenvalue weighted by molar-refractivity contribution is -0.142. The standard InChI is InChI=1S/C15H28N6O6/c16-6-2-1-3-9(15(26)27)20-14(25)10(7-12(19)23)21-13(24)8(17)4-5-11(18)22/h8-10H,1-7,16-17H2,(H2,18,22)(H2,19,23)(H,20,25)(H,21,24)(H,26,27). The molecule has 12 heteroatoms. The number of nitrogens with two attached hydrogens (primary N) is 4. The van der Waals surface area contributed by atoms with Crippen LogP contribution in [0.3, 0.4) is 0 Å². The fourth-order valence-electron chi connectivity index (χ4n) is 2.14. The Morgan fingerprint density at radius 2 is 1.44 bits per heavy atom. The van der Waals surface area contributed by atoms with E-state index in [0.29, 0.717) is 19.4 Å². The first-order valence-electron chi connectivity index (χ1n) is 8.44. The van der Waals surface area contributed by atoms with E-state index >= 15 is 0 Å². The van der Waals surface area contributed by atoms with Gasteiger partial charge in [0, 0.05) is 6.42 Å². The summed E-state index contributed by atoms with van der Waals surface area (Å²) in [4.78, 5) is 57.5. The Hall–Kier alpha value is -2.73. The minimum Gasteiger partial charge on any atom is -0.480 e. The molecule has 0 heterocycles. The third-order valence-corrected chi connectivity index (χ3v) is 3.64. The molecule has 0 saturated heterocycles. The normalized spacial score (nSPS) is 13.9. The summed E-state index contributed by atoms with van der Waals surface area (Å²) in [6.07, 6.45) is 0.448. The zero-order valence-corrected chi connectivity index (χ0v) is 15.0. The van der Waals surface area contributed by atoms with Gasteiger partial charge in [-0.3, -0.25) is 19.2 Å². The van der Waals surface area contributed by atoms with Crippen LogP contribution in [0.5, 0.6) is 0 Å². The quantitative estimate of drug-likeness (QED) is 0.148. The van der Waals surface area contributed by atoms with Crippen molar-refractivity contribution in [3.63, 3.8) is 0 Å². The second-order valence-corrected chi connectivity index (χ2v) is 6.03. The monoisotopic (exact) mass is 388 g/mol. The zero-order valence-electron chi connectivity index (χ0n) is 15.0. The number of hydrogen-bond acceptors (Lipinski definition) is 7. The van der Waals surface area contributed by atoms with Gasteiger partial charge in [0.2, 0.25) is 23.6 Å². The molecule has 0 radical (unpaired) electrons. The topological polar surface area (TPSA) is 234 Å². The number of aliphatic carboxylic acids is 1. The van der Waals surface area contributed by atoms with Crippen molar-refractivity contribution in [1.29, 1.82) is 0 Å². The van der Waals surface area contributed by atoms with Crippen LogP contribution in [0.4, 0.5) is 0 Å². The van der Waals surface area contributed by atoms with Crippen LogP contribution >= 0.6 is 0 Å². The highest BCUT2D eigenvalue weighted by Crippen LogP contribution is 2.03. The predicted octanol–water partition coefficient (Wildman–Crippen LogP) is -3.36. The van der Waals surface area contributed by atoms with Gasteiger partial charge in [-0.05, 0) is 32.2 Å². The summed E-state index contributed by atoms with van der Waals surface area (Å²) in [5.74, 6) is -4.47. The van der Waals surface area contributed by atoms with Crippen molar-refractivity contribution >= 4 is 29.6 Å². The number of carboxylic acid groups (broad SMARTS) is 1. The maximum absolute atomic E-state index is 12.3. The fourth-order valence-corrected chi connectivity index (χ4v) is 2.14. The van der Waals surface area contributed by atoms with E-state index in [1.165, 1.54) is 0 Å². The molecule has 0 aliphatic carbocycles. The number of rotatable bonds is 14. The van der Waals surface area contributed by atoms with Crippen LogP contribution in [0.1, 0.15) is 38.5 Å². The molecule has 0 spiro atoms. The molecule has 0 fully saturated rings. The molecular weight excluding hydrogens is 360 g/mol. The second-order valence-electron chi connectivity index (χ2n) is 6.03. The summed E-state index contributed by atoms with van der Waals surface area (Å²) >= 11 is 0. The maximum atomic E-state index is 12.3. The van der Waals surface area contributed by atoms with Gasteiger partial charge < -0.3 is 38.7 Å². The van der Waals surface area contributed by atoms with Crippen molar-refractivity contribution in [2.75, 3.05) is 6.54 Å². The highest BCUT2D eigenvalue weighted by molar-refractivity contribution is 5.94. The van der Waals surface area contributed by atoms with Crippen molar-refractivity contribution in [2.24, 2.45) is 22.9 Å². The van der Waals surface area contributed by atoms with E-state index in [1.54, 1.807) is 0 Å². The van der Waals surface area contributed by atoms with Crippen LogP contribution in [-0.2, 0) is 24.0 Å². The number of carbonyl (C=O) groups is 5. The fraction of sp³-hybridized carbons (Fsp3) is 0.667. The van der Waals surface area contributed by atoms with E-state index in [-0.39, 0.29) is 19.3 Å². The molecule has 3 atom stereocenters. The molecule has 0 aromatic carbocycles. The van der Waals surface area contributed by atoms with Gasteiger partial charge in [0.25, 0.3) is 0 Å².